The number of rotatable bonds is 7. The standard InChI is InChI=1S/C25H30N4O4S/c1-18-12-14-28(15-13-18)34(32,33)22-11-7-8-20(16-22)23(30)17-26-24-19(2)27(3)29(25(24)31)21-9-5-4-6-10-21/h4-11,16,18,26H,12-15,17H2,1-3H3. The van der Waals surface area contributed by atoms with Gasteiger partial charge in [0.1, 0.15) is 5.69 Å². The van der Waals surface area contributed by atoms with Crippen LogP contribution in [-0.4, -0.2) is 47.5 Å². The summed E-state index contributed by atoms with van der Waals surface area (Å²) in [6.45, 7) is 4.79. The summed E-state index contributed by atoms with van der Waals surface area (Å²) < 4.78 is 30.9. The Kier molecular flexibility index (Phi) is 6.77. The molecular weight excluding hydrogens is 452 g/mol. The van der Waals surface area contributed by atoms with Gasteiger partial charge in [0.15, 0.2) is 5.78 Å². The van der Waals surface area contributed by atoms with Gasteiger partial charge in [-0.2, -0.15) is 4.31 Å². The molecule has 8 nitrogen and oxygen atoms in total. The van der Waals surface area contributed by atoms with Crippen molar-refractivity contribution in [1.82, 2.24) is 13.7 Å². The molecule has 0 atom stereocenters. The van der Waals surface area contributed by atoms with E-state index in [4.69, 9.17) is 0 Å². The summed E-state index contributed by atoms with van der Waals surface area (Å²) in [6.07, 6.45) is 1.66. The fourth-order valence-corrected chi connectivity index (χ4v) is 5.76. The lowest BCUT2D eigenvalue weighted by atomic mass is 10.0. The van der Waals surface area contributed by atoms with E-state index in [-0.39, 0.29) is 28.3 Å². The van der Waals surface area contributed by atoms with Crippen molar-refractivity contribution in [2.45, 2.75) is 31.6 Å². The normalized spacial score (nSPS) is 15.4. The third-order valence-corrected chi connectivity index (χ3v) is 8.41. The second-order valence-corrected chi connectivity index (χ2v) is 10.8. The maximum absolute atomic E-state index is 13.1. The third kappa shape index (κ3) is 4.58. The Hall–Kier alpha value is -3.17. The maximum Gasteiger partial charge on any atom is 0.295 e. The first-order valence-electron chi connectivity index (χ1n) is 11.4. The van der Waals surface area contributed by atoms with Crippen molar-refractivity contribution in [3.8, 4) is 5.69 Å². The molecule has 0 radical (unpaired) electrons. The summed E-state index contributed by atoms with van der Waals surface area (Å²) in [5.41, 5.74) is 1.79. The average molecular weight is 483 g/mol. The van der Waals surface area contributed by atoms with Crippen LogP contribution in [0.4, 0.5) is 5.69 Å². The zero-order valence-electron chi connectivity index (χ0n) is 19.7. The molecule has 34 heavy (non-hydrogen) atoms. The number of nitrogens with one attached hydrogen (secondary N) is 1. The number of sulfonamides is 1. The van der Waals surface area contributed by atoms with E-state index in [0.717, 1.165) is 18.5 Å². The molecule has 0 aliphatic carbocycles. The average Bonchev–Trinajstić information content (AvgIpc) is 3.06. The molecule has 4 rings (SSSR count). The Morgan fingerprint density at radius 1 is 1.06 bits per heavy atom. The fourth-order valence-electron chi connectivity index (χ4n) is 4.25. The molecule has 1 aromatic heterocycles. The molecule has 180 valence electrons. The number of hydrogen-bond acceptors (Lipinski definition) is 5. The van der Waals surface area contributed by atoms with Crippen LogP contribution < -0.4 is 10.9 Å². The summed E-state index contributed by atoms with van der Waals surface area (Å²) in [6, 6.07) is 15.4. The highest BCUT2D eigenvalue weighted by Gasteiger charge is 2.28. The molecule has 2 heterocycles. The lowest BCUT2D eigenvalue weighted by molar-refractivity contribution is 0.101. The Morgan fingerprint density at radius 2 is 1.74 bits per heavy atom. The van der Waals surface area contributed by atoms with Crippen molar-refractivity contribution in [3.63, 3.8) is 0 Å². The number of nitrogens with zero attached hydrogens (tertiary/aromatic N) is 3. The second kappa shape index (κ2) is 9.60. The van der Waals surface area contributed by atoms with Gasteiger partial charge in [-0.25, -0.2) is 13.1 Å². The Bertz CT molecular complexity index is 1350. The lowest BCUT2D eigenvalue weighted by Crippen LogP contribution is -2.37. The van der Waals surface area contributed by atoms with Crippen molar-refractivity contribution in [2.24, 2.45) is 13.0 Å². The van der Waals surface area contributed by atoms with E-state index in [1.165, 1.54) is 21.1 Å². The van der Waals surface area contributed by atoms with Crippen LogP contribution in [0.25, 0.3) is 5.69 Å². The molecule has 1 N–H and O–H groups in total. The molecule has 1 fully saturated rings. The molecule has 0 unspecified atom stereocenters. The number of carbonyl (C=O) groups excluding carboxylic acids is 1. The highest BCUT2D eigenvalue weighted by molar-refractivity contribution is 7.89. The Balaban J connectivity index is 1.52. The van der Waals surface area contributed by atoms with Gasteiger partial charge in [0, 0.05) is 25.7 Å². The van der Waals surface area contributed by atoms with Crippen LogP contribution in [0.1, 0.15) is 35.8 Å². The van der Waals surface area contributed by atoms with Crippen molar-refractivity contribution in [2.75, 3.05) is 25.0 Å². The summed E-state index contributed by atoms with van der Waals surface area (Å²) in [4.78, 5) is 26.1. The predicted molar refractivity (Wildman–Crippen MR) is 132 cm³/mol. The molecule has 9 heteroatoms. The SMILES string of the molecule is Cc1c(NCC(=O)c2cccc(S(=O)(=O)N3CCC(C)CC3)c2)c(=O)n(-c2ccccc2)n1C. The van der Waals surface area contributed by atoms with Crippen molar-refractivity contribution in [1.29, 1.82) is 0 Å². The molecule has 0 saturated carbocycles. The number of carbonyl (C=O) groups is 1. The number of para-hydroxylation sites is 1. The molecule has 0 spiro atoms. The Labute approximate surface area is 199 Å². The van der Waals surface area contributed by atoms with Gasteiger partial charge < -0.3 is 5.32 Å². The minimum absolute atomic E-state index is 0.121. The van der Waals surface area contributed by atoms with E-state index in [1.807, 2.05) is 30.3 Å². The minimum Gasteiger partial charge on any atom is -0.372 e. The van der Waals surface area contributed by atoms with Crippen LogP contribution >= 0.6 is 0 Å². The summed E-state index contributed by atoms with van der Waals surface area (Å²) in [5, 5.41) is 2.97. The van der Waals surface area contributed by atoms with Crippen LogP contribution in [0.2, 0.25) is 0 Å². The molecule has 1 aliphatic rings. The van der Waals surface area contributed by atoms with Crippen molar-refractivity contribution in [3.05, 3.63) is 76.2 Å². The summed E-state index contributed by atoms with van der Waals surface area (Å²) >= 11 is 0. The monoisotopic (exact) mass is 482 g/mol. The largest absolute Gasteiger partial charge is 0.372 e. The van der Waals surface area contributed by atoms with Gasteiger partial charge in [-0.3, -0.25) is 14.3 Å². The van der Waals surface area contributed by atoms with E-state index in [0.29, 0.717) is 30.4 Å². The zero-order valence-corrected chi connectivity index (χ0v) is 20.5. The van der Waals surface area contributed by atoms with E-state index < -0.39 is 10.0 Å². The van der Waals surface area contributed by atoms with E-state index >= 15 is 0 Å². The summed E-state index contributed by atoms with van der Waals surface area (Å²) in [5.74, 6) is 0.219. The van der Waals surface area contributed by atoms with Gasteiger partial charge in [0.25, 0.3) is 5.56 Å². The summed E-state index contributed by atoms with van der Waals surface area (Å²) in [7, 11) is -1.87. The van der Waals surface area contributed by atoms with E-state index in [1.54, 1.807) is 30.8 Å². The van der Waals surface area contributed by atoms with Gasteiger partial charge >= 0.3 is 0 Å². The number of ketones is 1. The number of aromatic nitrogens is 2. The number of piperidine rings is 1. The highest BCUT2D eigenvalue weighted by Crippen LogP contribution is 2.24. The molecule has 0 bridgehead atoms. The highest BCUT2D eigenvalue weighted by atomic mass is 32.2. The smallest absolute Gasteiger partial charge is 0.295 e. The Morgan fingerprint density at radius 3 is 2.41 bits per heavy atom. The minimum atomic E-state index is -3.65. The van der Waals surface area contributed by atoms with Crippen molar-refractivity contribution < 1.29 is 13.2 Å². The molecule has 3 aromatic rings. The van der Waals surface area contributed by atoms with Gasteiger partial charge in [-0.15, -0.1) is 0 Å². The first-order valence-corrected chi connectivity index (χ1v) is 12.9. The number of anilines is 1. The molecule has 1 saturated heterocycles. The molecular formula is C25H30N4O4S. The number of benzene rings is 2. The second-order valence-electron chi connectivity index (χ2n) is 8.83. The van der Waals surface area contributed by atoms with E-state index in [9.17, 15) is 18.0 Å². The molecule has 2 aromatic carbocycles. The number of Topliss-reactive ketones (excluding diaryl/α,β-unsaturated/α-hetero) is 1. The quantitative estimate of drug-likeness (QED) is 0.522. The van der Waals surface area contributed by atoms with Crippen molar-refractivity contribution >= 4 is 21.5 Å². The maximum atomic E-state index is 13.1. The molecule has 0 amide bonds. The predicted octanol–water partition coefficient (Wildman–Crippen LogP) is 3.20. The van der Waals surface area contributed by atoms with Gasteiger partial charge in [-0.05, 0) is 49.9 Å². The lowest BCUT2D eigenvalue weighted by Gasteiger charge is -2.29. The first-order chi connectivity index (χ1) is 16.2. The fraction of sp³-hybridized carbons (Fsp3) is 0.360. The van der Waals surface area contributed by atoms with Crippen LogP contribution in [0.5, 0.6) is 0 Å². The van der Waals surface area contributed by atoms with Crippen LogP contribution in [0.15, 0.2) is 64.3 Å². The molecule has 1 aliphatic heterocycles. The third-order valence-electron chi connectivity index (χ3n) is 6.52. The topological polar surface area (TPSA) is 93.4 Å². The number of hydrogen-bond donors (Lipinski definition) is 1. The van der Waals surface area contributed by atoms with Gasteiger partial charge in [0.2, 0.25) is 10.0 Å². The van der Waals surface area contributed by atoms with Crippen LogP contribution in [0, 0.1) is 12.8 Å². The van der Waals surface area contributed by atoms with Gasteiger partial charge in [-0.1, -0.05) is 37.3 Å². The van der Waals surface area contributed by atoms with Crippen LogP contribution in [-0.2, 0) is 17.1 Å². The first kappa shape index (κ1) is 24.0. The van der Waals surface area contributed by atoms with E-state index in [2.05, 4.69) is 12.2 Å². The van der Waals surface area contributed by atoms with Gasteiger partial charge in [0.05, 0.1) is 22.8 Å². The van der Waals surface area contributed by atoms with Crippen LogP contribution in [0.3, 0.4) is 0 Å². The zero-order chi connectivity index (χ0) is 24.5.